The lowest BCUT2D eigenvalue weighted by molar-refractivity contribution is 0.149. The molecule has 0 saturated heterocycles. The van der Waals surface area contributed by atoms with Gasteiger partial charge in [-0.2, -0.15) is 0 Å². The first kappa shape index (κ1) is 11.0. The van der Waals surface area contributed by atoms with Gasteiger partial charge in [-0.1, -0.05) is 38.4 Å². The van der Waals surface area contributed by atoms with Crippen LogP contribution in [0.4, 0.5) is 0 Å². The van der Waals surface area contributed by atoms with Crippen molar-refractivity contribution in [2.45, 2.75) is 44.6 Å². The van der Waals surface area contributed by atoms with Crippen LogP contribution in [0, 0.1) is 0 Å². The van der Waals surface area contributed by atoms with E-state index in [1.54, 1.807) is 0 Å². The van der Waals surface area contributed by atoms with Gasteiger partial charge in [-0.3, -0.25) is 0 Å². The molecular weight excluding hydrogens is 208 g/mol. The van der Waals surface area contributed by atoms with Gasteiger partial charge < -0.3 is 5.11 Å². The monoisotopic (exact) mass is 224 g/mol. The van der Waals surface area contributed by atoms with E-state index >= 15 is 0 Å². The highest BCUT2D eigenvalue weighted by Gasteiger charge is 2.44. The van der Waals surface area contributed by atoms with E-state index < -0.39 is 5.60 Å². The smallest absolute Gasteiger partial charge is 0.0902 e. The Morgan fingerprint density at radius 2 is 1.87 bits per heavy atom. The molecule has 15 heavy (non-hydrogen) atoms. The third-order valence-corrected chi connectivity index (χ3v) is 3.25. The zero-order valence-corrected chi connectivity index (χ0v) is 10.2. The predicted octanol–water partition coefficient (Wildman–Crippen LogP) is 3.62. The van der Waals surface area contributed by atoms with E-state index in [1.807, 2.05) is 18.2 Å². The maximum atomic E-state index is 10.2. The van der Waals surface area contributed by atoms with Crippen molar-refractivity contribution in [1.29, 1.82) is 0 Å². The van der Waals surface area contributed by atoms with Gasteiger partial charge in [0.15, 0.2) is 0 Å². The van der Waals surface area contributed by atoms with Gasteiger partial charge in [0, 0.05) is 5.02 Å². The number of hydrogen-bond donors (Lipinski definition) is 1. The third kappa shape index (κ3) is 2.04. The lowest BCUT2D eigenvalue weighted by Gasteiger charge is -2.25. The molecule has 1 N–H and O–H groups in total. The van der Waals surface area contributed by atoms with E-state index in [2.05, 4.69) is 20.8 Å². The SMILES string of the molecule is CC(C)(C)c1ccc(Cl)cc1C1(O)CC1. The molecule has 1 aromatic rings. The number of aliphatic hydroxyl groups is 1. The van der Waals surface area contributed by atoms with Gasteiger partial charge in [0.25, 0.3) is 0 Å². The van der Waals surface area contributed by atoms with Crippen LogP contribution in [0.2, 0.25) is 5.02 Å². The van der Waals surface area contributed by atoms with Crippen LogP contribution in [0.1, 0.15) is 44.7 Å². The van der Waals surface area contributed by atoms with Gasteiger partial charge in [-0.15, -0.1) is 0 Å². The Morgan fingerprint density at radius 3 is 2.33 bits per heavy atom. The standard InChI is InChI=1S/C13H17ClO/c1-12(2,3)10-5-4-9(14)8-11(10)13(15)6-7-13/h4-5,8,15H,6-7H2,1-3H3. The summed E-state index contributed by atoms with van der Waals surface area (Å²) < 4.78 is 0. The molecule has 0 amide bonds. The summed E-state index contributed by atoms with van der Waals surface area (Å²) in [6.07, 6.45) is 1.72. The molecule has 1 aromatic carbocycles. The molecular formula is C13H17ClO. The third-order valence-electron chi connectivity index (χ3n) is 3.01. The molecule has 1 saturated carbocycles. The lowest BCUT2D eigenvalue weighted by Crippen LogP contribution is -2.19. The number of benzene rings is 1. The van der Waals surface area contributed by atoms with E-state index in [9.17, 15) is 5.11 Å². The second-order valence-electron chi connectivity index (χ2n) is 5.47. The minimum absolute atomic E-state index is 0.0538. The van der Waals surface area contributed by atoms with E-state index in [0.717, 1.165) is 18.4 Å². The van der Waals surface area contributed by atoms with Crippen LogP contribution < -0.4 is 0 Å². The molecule has 0 bridgehead atoms. The number of hydrogen-bond acceptors (Lipinski definition) is 1. The van der Waals surface area contributed by atoms with E-state index in [0.29, 0.717) is 5.02 Å². The van der Waals surface area contributed by atoms with Crippen molar-refractivity contribution < 1.29 is 5.11 Å². The zero-order valence-electron chi connectivity index (χ0n) is 9.47. The highest BCUT2D eigenvalue weighted by Crippen LogP contribution is 2.49. The maximum absolute atomic E-state index is 10.2. The van der Waals surface area contributed by atoms with Crippen molar-refractivity contribution in [2.24, 2.45) is 0 Å². The minimum atomic E-state index is -0.604. The van der Waals surface area contributed by atoms with Crippen molar-refractivity contribution in [3.8, 4) is 0 Å². The molecule has 0 radical (unpaired) electrons. The summed E-state index contributed by atoms with van der Waals surface area (Å²) in [7, 11) is 0. The summed E-state index contributed by atoms with van der Waals surface area (Å²) in [5, 5.41) is 10.9. The van der Waals surface area contributed by atoms with Crippen LogP contribution in [-0.2, 0) is 11.0 Å². The Balaban J connectivity index is 2.55. The number of rotatable bonds is 1. The molecule has 0 unspecified atom stereocenters. The van der Waals surface area contributed by atoms with Crippen molar-refractivity contribution in [1.82, 2.24) is 0 Å². The summed E-state index contributed by atoms with van der Waals surface area (Å²) in [5.41, 5.74) is 1.67. The van der Waals surface area contributed by atoms with Gasteiger partial charge in [-0.25, -0.2) is 0 Å². The van der Waals surface area contributed by atoms with Gasteiger partial charge >= 0.3 is 0 Å². The molecule has 0 spiro atoms. The second kappa shape index (κ2) is 3.23. The molecule has 1 aliphatic carbocycles. The van der Waals surface area contributed by atoms with Crippen LogP contribution >= 0.6 is 11.6 Å². The fourth-order valence-electron chi connectivity index (χ4n) is 1.94. The minimum Gasteiger partial charge on any atom is -0.385 e. The van der Waals surface area contributed by atoms with Crippen molar-refractivity contribution in [3.05, 3.63) is 34.3 Å². The normalized spacial score (nSPS) is 19.0. The average molecular weight is 225 g/mol. The molecule has 2 heteroatoms. The molecule has 1 fully saturated rings. The van der Waals surface area contributed by atoms with Crippen LogP contribution in [0.5, 0.6) is 0 Å². The molecule has 1 nitrogen and oxygen atoms in total. The first-order valence-electron chi connectivity index (χ1n) is 5.36. The summed E-state index contributed by atoms with van der Waals surface area (Å²) in [6.45, 7) is 6.47. The molecule has 2 rings (SSSR count). The maximum Gasteiger partial charge on any atom is 0.0902 e. The second-order valence-corrected chi connectivity index (χ2v) is 5.91. The van der Waals surface area contributed by atoms with Crippen LogP contribution in [-0.4, -0.2) is 5.11 Å². The Bertz CT molecular complexity index is 386. The Kier molecular flexibility index (Phi) is 2.36. The summed E-state index contributed by atoms with van der Waals surface area (Å²) >= 11 is 5.99. The van der Waals surface area contributed by atoms with Crippen molar-refractivity contribution in [3.63, 3.8) is 0 Å². The van der Waals surface area contributed by atoms with Crippen LogP contribution in [0.15, 0.2) is 18.2 Å². The molecule has 0 aliphatic heterocycles. The van der Waals surface area contributed by atoms with Crippen LogP contribution in [0.25, 0.3) is 0 Å². The zero-order chi connectivity index (χ0) is 11.3. The van der Waals surface area contributed by atoms with E-state index in [1.165, 1.54) is 5.56 Å². The summed E-state index contributed by atoms with van der Waals surface area (Å²) in [5.74, 6) is 0. The molecule has 1 aliphatic rings. The van der Waals surface area contributed by atoms with E-state index in [-0.39, 0.29) is 5.41 Å². The van der Waals surface area contributed by atoms with Gasteiger partial charge in [0.1, 0.15) is 0 Å². The average Bonchev–Trinajstić information content (AvgIpc) is 2.83. The topological polar surface area (TPSA) is 20.2 Å². The molecule has 0 atom stereocenters. The highest BCUT2D eigenvalue weighted by atomic mass is 35.5. The quantitative estimate of drug-likeness (QED) is 0.773. The lowest BCUT2D eigenvalue weighted by atomic mass is 9.82. The van der Waals surface area contributed by atoms with E-state index in [4.69, 9.17) is 11.6 Å². The first-order chi connectivity index (χ1) is 6.83. The summed E-state index contributed by atoms with van der Waals surface area (Å²) in [4.78, 5) is 0. The van der Waals surface area contributed by atoms with Crippen molar-refractivity contribution >= 4 is 11.6 Å². The molecule has 82 valence electrons. The largest absolute Gasteiger partial charge is 0.385 e. The fourth-order valence-corrected chi connectivity index (χ4v) is 2.12. The van der Waals surface area contributed by atoms with Gasteiger partial charge in [-0.05, 0) is 41.5 Å². The van der Waals surface area contributed by atoms with Crippen molar-refractivity contribution in [2.75, 3.05) is 0 Å². The Hall–Kier alpha value is -0.530. The van der Waals surface area contributed by atoms with Crippen LogP contribution in [0.3, 0.4) is 0 Å². The first-order valence-corrected chi connectivity index (χ1v) is 5.74. The predicted molar refractivity (Wildman–Crippen MR) is 63.3 cm³/mol. The fraction of sp³-hybridized carbons (Fsp3) is 0.538. The molecule has 0 aromatic heterocycles. The van der Waals surface area contributed by atoms with Gasteiger partial charge in [0.2, 0.25) is 0 Å². The Labute approximate surface area is 96.1 Å². The Morgan fingerprint density at radius 1 is 1.27 bits per heavy atom. The number of halogens is 1. The summed E-state index contributed by atoms with van der Waals surface area (Å²) in [6, 6.07) is 5.85. The highest BCUT2D eigenvalue weighted by molar-refractivity contribution is 6.30. The van der Waals surface area contributed by atoms with Gasteiger partial charge in [0.05, 0.1) is 5.60 Å². The molecule has 0 heterocycles.